The van der Waals surface area contributed by atoms with E-state index in [1.807, 2.05) is 98.0 Å². The smallest absolute Gasteiger partial charge is 0.390 e. The number of aromatic amines is 3. The van der Waals surface area contributed by atoms with Crippen LogP contribution in [0.4, 0.5) is 31.5 Å². The Morgan fingerprint density at radius 1 is 0.496 bits per heavy atom. The van der Waals surface area contributed by atoms with Gasteiger partial charge >= 0.3 is 14.4 Å². The molecule has 0 bridgehead atoms. The highest BCUT2D eigenvalue weighted by Gasteiger charge is 2.41. The Morgan fingerprint density at radius 3 is 1.20 bits per heavy atom. The highest BCUT2D eigenvalue weighted by molar-refractivity contribution is 7.46. The highest BCUT2D eigenvalue weighted by Crippen LogP contribution is 2.44. The number of rotatable bonds is 30. The Morgan fingerprint density at radius 2 is 0.872 bits per heavy atom. The predicted molar refractivity (Wildman–Crippen MR) is 496 cm³/mol. The molecule has 46 heteroatoms. The van der Waals surface area contributed by atoms with Gasteiger partial charge in [-0.2, -0.15) is 49.6 Å². The molecule has 0 aromatic carbocycles. The van der Waals surface area contributed by atoms with Crippen LogP contribution >= 0.6 is 53.2 Å². The molecular weight excluding hydrogens is 1810 g/mol. The summed E-state index contributed by atoms with van der Waals surface area (Å²) in [5.74, 6) is -0.563. The fraction of sp³-hybridized carbons (Fsp3) is 0.310. The van der Waals surface area contributed by atoms with E-state index in [-0.39, 0.29) is 64.9 Å². The number of hydrogen-bond acceptors (Lipinski definition) is 29. The zero-order chi connectivity index (χ0) is 93.3. The van der Waals surface area contributed by atoms with Crippen LogP contribution in [0.15, 0.2) is 187 Å². The molecule has 690 valence electrons. The summed E-state index contributed by atoms with van der Waals surface area (Å²) in [5.41, 5.74) is 10.6. The van der Waals surface area contributed by atoms with Crippen LogP contribution in [0.3, 0.4) is 0 Å². The van der Waals surface area contributed by atoms with Gasteiger partial charge in [-0.05, 0) is 120 Å². The van der Waals surface area contributed by atoms with Gasteiger partial charge in [-0.1, -0.05) is 64.3 Å². The van der Waals surface area contributed by atoms with E-state index < -0.39 is 38.5 Å². The van der Waals surface area contributed by atoms with Gasteiger partial charge in [-0.25, -0.2) is 33.9 Å². The van der Waals surface area contributed by atoms with Crippen molar-refractivity contribution in [3.05, 3.63) is 216 Å². The first-order valence-corrected chi connectivity index (χ1v) is 47.4. The monoisotopic (exact) mass is 1900 g/mol. The lowest BCUT2D eigenvalue weighted by Gasteiger charge is -2.40. The van der Waals surface area contributed by atoms with E-state index >= 15 is 0 Å². The molecule has 0 saturated heterocycles. The van der Waals surface area contributed by atoms with Crippen LogP contribution in [0.1, 0.15) is 172 Å². The average molecular weight is 1900 g/mol. The quantitative estimate of drug-likeness (QED) is 0.0187. The Bertz CT molecular complexity index is 6530. The maximum Gasteiger partial charge on any atom is 0.471 e. The number of phosphoric acid groups is 1. The van der Waals surface area contributed by atoms with Crippen molar-refractivity contribution in [3.63, 3.8) is 0 Å². The van der Waals surface area contributed by atoms with E-state index in [2.05, 4.69) is 132 Å². The fourth-order valence-electron chi connectivity index (χ4n) is 14.3. The minimum Gasteiger partial charge on any atom is -0.390 e. The molecule has 0 spiro atoms. The van der Waals surface area contributed by atoms with Crippen molar-refractivity contribution in [1.82, 2.24) is 119 Å². The first-order valence-electron chi connectivity index (χ1n) is 42.4. The maximum atomic E-state index is 13.1. The summed E-state index contributed by atoms with van der Waals surface area (Å²) in [6.07, 6.45) is 35.6. The molecule has 16 heterocycles. The zero-order valence-electron chi connectivity index (χ0n) is 72.8. The van der Waals surface area contributed by atoms with Gasteiger partial charge in [-0.3, -0.25) is 73.0 Å². The van der Waals surface area contributed by atoms with Gasteiger partial charge in [0.05, 0.1) is 112 Å². The number of aromatic nitrogens is 24. The first kappa shape index (κ1) is 94.2. The number of thiazole rings is 4. The lowest BCUT2D eigenvalue weighted by Crippen LogP contribution is -2.42. The molecule has 3 aliphatic carbocycles. The zero-order valence-corrected chi connectivity index (χ0v) is 76.9. The van der Waals surface area contributed by atoms with Crippen molar-refractivity contribution in [2.24, 2.45) is 5.92 Å². The van der Waals surface area contributed by atoms with Crippen LogP contribution in [-0.4, -0.2) is 189 Å². The third-order valence-electron chi connectivity index (χ3n) is 21.6. The van der Waals surface area contributed by atoms with Crippen molar-refractivity contribution < 1.29 is 61.4 Å². The van der Waals surface area contributed by atoms with Crippen LogP contribution in [0.2, 0.25) is 0 Å². The van der Waals surface area contributed by atoms with Gasteiger partial charge in [0.15, 0.2) is 6.73 Å². The summed E-state index contributed by atoms with van der Waals surface area (Å²) in [5, 5.41) is 72.6. The number of amides is 4. The number of aryl methyl sites for hydroxylation is 1. The average Bonchev–Trinajstić information content (AvgIpc) is 1.57. The Kier molecular flexibility index (Phi) is 30.6. The first-order chi connectivity index (χ1) is 64.3. The fourth-order valence-corrected chi connectivity index (χ4v) is 17.7. The van der Waals surface area contributed by atoms with Gasteiger partial charge < -0.3 is 45.6 Å². The molecule has 133 heavy (non-hydrogen) atoms. The summed E-state index contributed by atoms with van der Waals surface area (Å²) in [4.78, 5) is 104. The summed E-state index contributed by atoms with van der Waals surface area (Å²) in [6.45, 7) is 12.7. The van der Waals surface area contributed by atoms with E-state index in [1.165, 1.54) is 87.9 Å². The number of pyridine rings is 4. The lowest BCUT2D eigenvalue weighted by atomic mass is 9.77. The number of aliphatic hydroxyl groups is 1. The van der Waals surface area contributed by atoms with E-state index in [4.69, 9.17) is 29.5 Å². The third-order valence-corrected chi connectivity index (χ3v) is 25.6. The van der Waals surface area contributed by atoms with Crippen LogP contribution in [0.5, 0.6) is 0 Å². The molecule has 3 fully saturated rings. The van der Waals surface area contributed by atoms with Gasteiger partial charge in [0.2, 0.25) is 0 Å². The van der Waals surface area contributed by atoms with E-state index in [0.717, 1.165) is 65.1 Å². The molecule has 0 aliphatic heterocycles. The molecule has 16 aromatic heterocycles. The largest absolute Gasteiger partial charge is 0.471 e. The van der Waals surface area contributed by atoms with E-state index in [0.29, 0.717) is 120 Å². The number of carbonyl (C=O) groups is 4. The third kappa shape index (κ3) is 24.1. The molecule has 39 nitrogen and oxygen atoms in total. The highest BCUT2D eigenvalue weighted by atomic mass is 32.1. The summed E-state index contributed by atoms with van der Waals surface area (Å²) >= 11 is 5.29. The molecule has 4 amide bonds. The number of H-pyrrole nitrogens is 3. The number of ether oxygens (including phenoxy) is 2. The van der Waals surface area contributed by atoms with E-state index in [1.54, 1.807) is 106 Å². The molecule has 19 rings (SSSR count). The molecule has 16 aromatic rings. The maximum absolute atomic E-state index is 13.1. The number of carbonyl (C=O) groups excluding carboxylic acids is 4. The van der Waals surface area contributed by atoms with Crippen molar-refractivity contribution >= 4 is 99.5 Å². The molecule has 0 radical (unpaired) electrons. The van der Waals surface area contributed by atoms with Crippen LogP contribution in [0.25, 0.3) is 87.8 Å². The Balaban J connectivity index is 0.000000133. The molecular formula is C87H93F2N28O11PS4. The van der Waals surface area contributed by atoms with Crippen LogP contribution < -0.4 is 21.3 Å². The van der Waals surface area contributed by atoms with Crippen LogP contribution in [-0.2, 0) is 25.3 Å². The number of anilines is 4. The number of halogens is 2. The summed E-state index contributed by atoms with van der Waals surface area (Å²) < 4.78 is 60.0. The van der Waals surface area contributed by atoms with Gasteiger partial charge in [0, 0.05) is 125 Å². The van der Waals surface area contributed by atoms with Crippen molar-refractivity contribution in [1.29, 1.82) is 0 Å². The summed E-state index contributed by atoms with van der Waals surface area (Å²) in [7, 11) is -4.62. The minimum atomic E-state index is -4.62. The second kappa shape index (κ2) is 43.3. The van der Waals surface area contributed by atoms with Gasteiger partial charge in [-0.15, -0.1) is 45.3 Å². The molecule has 10 N–H and O–H groups in total. The minimum absolute atomic E-state index is 0.0834. The number of hydrogen-bond donors (Lipinski definition) is 10. The Labute approximate surface area is 775 Å². The number of phosphoric ester groups is 1. The van der Waals surface area contributed by atoms with Crippen LogP contribution in [0, 0.1) is 12.8 Å². The Hall–Kier alpha value is -13.5. The SMILES string of the molecule is CC1(O)CC(n2cc(NC(=O)c3csc(-c4cn[nH]c4)n3)c(-c3ccccn3)n2)C1.CCC(CC)CC.CCOC1CC(n2cc(NC(=O)c3csc(-c4cn[nH]c4)n3)c(-c3ccc(C)cn3)n2)C1.CCOC1CC(n2cc(NC(=O)c3csc(-c4cnn(COP(=O)(O)O)c4)n3)c(-c3ccccn3)n2)C1.O=C(Nc1cn(C(F)F)nc1-c1ccccn1)c1csc(-c2cn[nH]c2)n1. The lowest BCUT2D eigenvalue weighted by molar-refractivity contribution is -0.0542. The molecule has 3 saturated carbocycles. The normalized spacial score (nSPS) is 16.6. The van der Waals surface area contributed by atoms with Gasteiger partial charge in [0.25, 0.3) is 23.6 Å². The molecule has 3 aliphatic rings. The number of nitrogens with one attached hydrogen (secondary N) is 7. The van der Waals surface area contributed by atoms with Gasteiger partial charge in [0.1, 0.15) is 65.6 Å². The second-order valence-electron chi connectivity index (χ2n) is 31.1. The molecule has 0 unspecified atom stereocenters. The predicted octanol–water partition coefficient (Wildman–Crippen LogP) is 16.8. The topological polar surface area (TPSA) is 500 Å². The summed E-state index contributed by atoms with van der Waals surface area (Å²) in [6, 6.07) is 20.5. The number of nitrogens with zero attached hydrogens (tertiary/aromatic N) is 21. The van der Waals surface area contributed by atoms with Crippen molar-refractivity contribution in [2.75, 3.05) is 34.5 Å². The van der Waals surface area contributed by atoms with Crippen molar-refractivity contribution in [2.45, 2.75) is 155 Å². The van der Waals surface area contributed by atoms with E-state index in [9.17, 15) is 37.6 Å². The standard InChI is InChI=1S/C22H24N7O6PS.C22H23N7O2S.C20H19N7O2S.C16H11F2N7OS.C7H16/c1-2-34-16-7-15(8-16)29-11-18(20(27-29)17-5-3-4-6-23-17)25-21(30)19-12-37-22(26-19)14-9-24-28(10-14)13-35-36(31,32)33;1-3-31-16-6-15(7-16)29-11-18(20(28-29)17-5-4-13(2)8-23-17)26-21(30)19-12-32-22(27-19)14-9-24-25-10-14;1-20(29)6-13(7-20)27-10-15(17(26-27)14-4-2-3-5-21-14)24-18(28)16-11-30-19(25-16)12-8-22-23-9-12;17-16(18)25-7-11(13(24-25)10-3-1-2-4-19-10)22-14(26)12-8-27-15(23-12)9-5-20-21-6-9;1-4-7(5-2)6-3/h3-6,9-12,15-16H,2,7-8,13H2,1H3,(H,25,30)(H2,31,32,33);4-5,8-12,15-16H,3,6-7H2,1-2H3,(H,24,25)(H,26,30);2-5,8-11,13,29H,6-7H2,1H3,(H,22,23)(H,24,28);1-8,16H,(H,20,21)(H,22,26);7H,4-6H2,1-3H3. The van der Waals surface area contributed by atoms with Crippen molar-refractivity contribution in [3.8, 4) is 87.8 Å². The number of alkyl halides is 2. The molecule has 0 atom stereocenters. The second-order valence-corrected chi connectivity index (χ2v) is 35.8.